The van der Waals surface area contributed by atoms with E-state index in [1.807, 2.05) is 0 Å². The monoisotopic (exact) mass is 231 g/mol. The highest BCUT2D eigenvalue weighted by molar-refractivity contribution is 7.85. The first-order valence-electron chi connectivity index (χ1n) is 5.44. The molecule has 5 atom stereocenters. The van der Waals surface area contributed by atoms with Crippen LogP contribution in [0.2, 0.25) is 0 Å². The molecule has 86 valence electrons. The summed E-state index contributed by atoms with van der Waals surface area (Å²) in [5.41, 5.74) is 0. The maximum absolute atomic E-state index is 11.9. The highest BCUT2D eigenvalue weighted by Gasteiger charge is 2.40. The van der Waals surface area contributed by atoms with Crippen LogP contribution >= 0.6 is 0 Å². The second kappa shape index (κ2) is 4.22. The maximum atomic E-state index is 11.9. The van der Waals surface area contributed by atoms with Gasteiger partial charge >= 0.3 is 5.97 Å². The summed E-state index contributed by atoms with van der Waals surface area (Å²) < 4.78 is 11.9. The minimum absolute atomic E-state index is 0.150. The van der Waals surface area contributed by atoms with Crippen molar-refractivity contribution in [2.75, 3.05) is 5.75 Å². The molecule has 0 spiro atoms. The zero-order valence-electron chi connectivity index (χ0n) is 8.81. The van der Waals surface area contributed by atoms with Crippen LogP contribution in [0.25, 0.3) is 0 Å². The zero-order chi connectivity index (χ0) is 11.0. The van der Waals surface area contributed by atoms with Crippen molar-refractivity contribution in [2.45, 2.75) is 43.5 Å². The van der Waals surface area contributed by atoms with Crippen molar-refractivity contribution in [1.29, 1.82) is 0 Å². The normalized spacial score (nSPS) is 45.8. The van der Waals surface area contributed by atoms with Crippen LogP contribution in [0.4, 0.5) is 0 Å². The van der Waals surface area contributed by atoms with Gasteiger partial charge in [0.25, 0.3) is 0 Å². The van der Waals surface area contributed by atoms with E-state index in [9.17, 15) is 9.00 Å². The first-order chi connectivity index (χ1) is 7.08. The summed E-state index contributed by atoms with van der Waals surface area (Å²) in [5.74, 6) is 0.0160. The van der Waals surface area contributed by atoms with Crippen molar-refractivity contribution in [1.82, 2.24) is 5.32 Å². The summed E-state index contributed by atoms with van der Waals surface area (Å²) in [6, 6.07) is -0.461. The number of nitrogens with one attached hydrogen (secondary N) is 1. The summed E-state index contributed by atoms with van der Waals surface area (Å²) in [5, 5.41) is 12.2. The van der Waals surface area contributed by atoms with Crippen LogP contribution in [-0.2, 0) is 15.6 Å². The van der Waals surface area contributed by atoms with Crippen LogP contribution in [0, 0.1) is 5.92 Å². The fraction of sp³-hybridized carbons (Fsp3) is 0.900. The van der Waals surface area contributed by atoms with Gasteiger partial charge in [0.05, 0.1) is 5.25 Å². The lowest BCUT2D eigenvalue weighted by Crippen LogP contribution is -2.59. The summed E-state index contributed by atoms with van der Waals surface area (Å²) >= 11 is 0. The Bertz CT molecular complexity index is 294. The van der Waals surface area contributed by atoms with E-state index in [-0.39, 0.29) is 17.0 Å². The lowest BCUT2D eigenvalue weighted by molar-refractivity contribution is -0.139. The fourth-order valence-corrected chi connectivity index (χ4v) is 4.49. The largest absolute Gasteiger partial charge is 0.480 e. The van der Waals surface area contributed by atoms with Gasteiger partial charge < -0.3 is 5.11 Å². The number of hydrogen-bond donors (Lipinski definition) is 2. The molecule has 5 heteroatoms. The van der Waals surface area contributed by atoms with Gasteiger partial charge in [-0.1, -0.05) is 6.92 Å². The molecule has 0 amide bonds. The molecular formula is C10H17NO3S. The molecule has 1 aliphatic carbocycles. The predicted molar refractivity (Wildman–Crippen MR) is 58.2 cm³/mol. The number of rotatable bonds is 1. The number of aliphatic carboxylic acids is 1. The second-order valence-corrected chi connectivity index (χ2v) is 6.37. The van der Waals surface area contributed by atoms with Gasteiger partial charge in [0, 0.05) is 22.6 Å². The van der Waals surface area contributed by atoms with Gasteiger partial charge in [-0.25, -0.2) is 0 Å². The van der Waals surface area contributed by atoms with Crippen LogP contribution in [0.3, 0.4) is 0 Å². The number of hydrogen-bond acceptors (Lipinski definition) is 3. The molecule has 5 unspecified atom stereocenters. The topological polar surface area (TPSA) is 66.4 Å². The third-order valence-corrected chi connectivity index (χ3v) is 5.29. The van der Waals surface area contributed by atoms with Gasteiger partial charge in [0.15, 0.2) is 0 Å². The van der Waals surface area contributed by atoms with Crippen LogP contribution in [-0.4, -0.2) is 38.4 Å². The first kappa shape index (κ1) is 11.1. The predicted octanol–water partition coefficient (Wildman–Crippen LogP) is 0.349. The van der Waals surface area contributed by atoms with E-state index in [1.54, 1.807) is 0 Å². The van der Waals surface area contributed by atoms with Crippen LogP contribution in [0.5, 0.6) is 0 Å². The Morgan fingerprint density at radius 3 is 2.87 bits per heavy atom. The van der Waals surface area contributed by atoms with E-state index in [4.69, 9.17) is 5.11 Å². The van der Waals surface area contributed by atoms with Crippen molar-refractivity contribution in [3.8, 4) is 0 Å². The van der Waals surface area contributed by atoms with Gasteiger partial charge in [-0.3, -0.25) is 14.3 Å². The van der Waals surface area contributed by atoms with Crippen molar-refractivity contribution in [3.05, 3.63) is 0 Å². The molecule has 0 bridgehead atoms. The number of carboxylic acids is 1. The van der Waals surface area contributed by atoms with E-state index in [0.717, 1.165) is 19.3 Å². The van der Waals surface area contributed by atoms with E-state index in [0.29, 0.717) is 5.92 Å². The zero-order valence-corrected chi connectivity index (χ0v) is 9.63. The minimum atomic E-state index is -0.971. The second-order valence-electron chi connectivity index (χ2n) is 4.67. The molecule has 0 aromatic carbocycles. The lowest BCUT2D eigenvalue weighted by Gasteiger charge is -2.40. The Balaban J connectivity index is 2.07. The van der Waals surface area contributed by atoms with Gasteiger partial charge in [-0.2, -0.15) is 0 Å². The van der Waals surface area contributed by atoms with E-state index >= 15 is 0 Å². The molecule has 0 aromatic heterocycles. The standard InChI is InChI=1S/C10H17NO3S/c1-6-2-3-7-9(4-6)15(14)5-8(11-7)10(12)13/h6-9,11H,2-5H2,1H3,(H,12,13). The third-order valence-electron chi connectivity index (χ3n) is 3.44. The SMILES string of the molecule is CC1CCC2NC(C(=O)O)CS(=O)C2C1. The molecule has 0 radical (unpaired) electrons. The van der Waals surface area contributed by atoms with Crippen molar-refractivity contribution < 1.29 is 14.1 Å². The highest BCUT2D eigenvalue weighted by Crippen LogP contribution is 2.30. The Morgan fingerprint density at radius 1 is 1.47 bits per heavy atom. The molecule has 1 heterocycles. The van der Waals surface area contributed by atoms with Crippen molar-refractivity contribution in [2.24, 2.45) is 5.92 Å². The molecule has 1 saturated carbocycles. The molecule has 4 nitrogen and oxygen atoms in total. The fourth-order valence-electron chi connectivity index (χ4n) is 2.55. The number of carbonyl (C=O) groups is 1. The van der Waals surface area contributed by atoms with Gasteiger partial charge in [0.1, 0.15) is 6.04 Å². The average Bonchev–Trinajstić information content (AvgIpc) is 2.18. The van der Waals surface area contributed by atoms with Gasteiger partial charge in [0.2, 0.25) is 0 Å². The number of carboxylic acid groups (broad SMARTS) is 1. The quantitative estimate of drug-likeness (QED) is 0.683. The molecule has 2 N–H and O–H groups in total. The Hall–Kier alpha value is -0.420. The molecule has 2 rings (SSSR count). The van der Waals surface area contributed by atoms with Crippen LogP contribution in [0.15, 0.2) is 0 Å². The van der Waals surface area contributed by atoms with E-state index < -0.39 is 22.8 Å². The molecule has 2 aliphatic rings. The van der Waals surface area contributed by atoms with E-state index in [2.05, 4.69) is 12.2 Å². The third kappa shape index (κ3) is 2.23. The maximum Gasteiger partial charge on any atom is 0.321 e. The highest BCUT2D eigenvalue weighted by atomic mass is 32.2. The smallest absolute Gasteiger partial charge is 0.321 e. The number of fused-ring (bicyclic) bond motifs is 1. The van der Waals surface area contributed by atoms with Crippen LogP contribution in [0.1, 0.15) is 26.2 Å². The molecule has 0 aromatic rings. The van der Waals surface area contributed by atoms with E-state index in [1.165, 1.54) is 0 Å². The minimum Gasteiger partial charge on any atom is -0.480 e. The van der Waals surface area contributed by atoms with Gasteiger partial charge in [-0.05, 0) is 25.2 Å². The lowest BCUT2D eigenvalue weighted by atomic mass is 9.86. The molecule has 15 heavy (non-hydrogen) atoms. The molecule has 2 fully saturated rings. The Morgan fingerprint density at radius 2 is 2.20 bits per heavy atom. The van der Waals surface area contributed by atoms with Gasteiger partial charge in [-0.15, -0.1) is 0 Å². The van der Waals surface area contributed by atoms with Crippen molar-refractivity contribution in [3.63, 3.8) is 0 Å². The summed E-state index contributed by atoms with van der Waals surface area (Å²) in [4.78, 5) is 10.8. The molecular weight excluding hydrogens is 214 g/mol. The first-order valence-corrected chi connectivity index (χ1v) is 6.82. The summed E-state index contributed by atoms with van der Waals surface area (Å²) in [6.07, 6.45) is 3.04. The molecule has 1 aliphatic heterocycles. The average molecular weight is 231 g/mol. The Kier molecular flexibility index (Phi) is 3.11. The Labute approximate surface area is 91.9 Å². The molecule has 1 saturated heterocycles. The summed E-state index contributed by atoms with van der Waals surface area (Å²) in [6.45, 7) is 2.18. The summed E-state index contributed by atoms with van der Waals surface area (Å²) in [7, 11) is -0.971. The van der Waals surface area contributed by atoms with Crippen molar-refractivity contribution >= 4 is 16.8 Å². The van der Waals surface area contributed by atoms with Crippen LogP contribution < -0.4 is 5.32 Å².